The van der Waals surface area contributed by atoms with Gasteiger partial charge in [-0.05, 0) is 24.6 Å². The molecule has 0 saturated heterocycles. The number of H-pyrrole nitrogens is 1. The van der Waals surface area contributed by atoms with Crippen molar-refractivity contribution in [1.29, 1.82) is 0 Å². The molecule has 25 heavy (non-hydrogen) atoms. The summed E-state index contributed by atoms with van der Waals surface area (Å²) in [4.78, 5) is 17.2. The van der Waals surface area contributed by atoms with Crippen molar-refractivity contribution in [3.63, 3.8) is 0 Å². The van der Waals surface area contributed by atoms with E-state index in [1.54, 1.807) is 17.4 Å². The fourth-order valence-corrected chi connectivity index (χ4v) is 3.98. The van der Waals surface area contributed by atoms with Gasteiger partial charge in [-0.3, -0.25) is 4.79 Å². The third-order valence-electron chi connectivity index (χ3n) is 4.81. The quantitative estimate of drug-likeness (QED) is 0.707. The number of aromatic nitrogens is 1. The minimum Gasteiger partial charge on any atom is -0.472 e. The number of carbonyl (C=O) groups excluding carboxylic acids is 1. The van der Waals surface area contributed by atoms with Crippen LogP contribution in [-0.4, -0.2) is 33.5 Å². The Labute approximate surface area is 154 Å². The Bertz CT molecular complexity index is 963. The molecule has 7 heteroatoms. The second-order valence-electron chi connectivity index (χ2n) is 6.30. The monoisotopic (exact) mass is 378 g/mol. The first kappa shape index (κ1) is 16.5. The second-order valence-corrected chi connectivity index (χ2v) is 7.08. The van der Waals surface area contributed by atoms with E-state index >= 15 is 0 Å². The van der Waals surface area contributed by atoms with Gasteiger partial charge in [0.25, 0.3) is 0 Å². The summed E-state index contributed by atoms with van der Waals surface area (Å²) in [5, 5.41) is 11.1. The SMILES string of the molecule is C[C@@H]1Cc2[nH]c3c(Cl)c(Cl)cc(-c4ccoc4)c3c2CN1C(=O)CO. The van der Waals surface area contributed by atoms with E-state index in [4.69, 9.17) is 27.6 Å². The highest BCUT2D eigenvalue weighted by atomic mass is 35.5. The lowest BCUT2D eigenvalue weighted by Gasteiger charge is -2.33. The van der Waals surface area contributed by atoms with E-state index in [1.807, 2.05) is 19.1 Å². The molecular formula is C18H16Cl2N2O3. The molecule has 5 nitrogen and oxygen atoms in total. The van der Waals surface area contributed by atoms with Crippen LogP contribution in [0.15, 0.2) is 29.1 Å². The molecular weight excluding hydrogens is 363 g/mol. The number of furan rings is 1. The van der Waals surface area contributed by atoms with Gasteiger partial charge in [0, 0.05) is 41.2 Å². The van der Waals surface area contributed by atoms with Crippen molar-refractivity contribution in [2.45, 2.75) is 25.9 Å². The van der Waals surface area contributed by atoms with Gasteiger partial charge in [0.1, 0.15) is 6.61 Å². The summed E-state index contributed by atoms with van der Waals surface area (Å²) in [7, 11) is 0. The van der Waals surface area contributed by atoms with Crippen LogP contribution in [0.5, 0.6) is 0 Å². The van der Waals surface area contributed by atoms with Crippen molar-refractivity contribution in [2.24, 2.45) is 0 Å². The number of rotatable bonds is 2. The number of hydrogen-bond acceptors (Lipinski definition) is 3. The molecule has 0 radical (unpaired) electrons. The smallest absolute Gasteiger partial charge is 0.248 e. The highest BCUT2D eigenvalue weighted by molar-refractivity contribution is 6.45. The van der Waals surface area contributed by atoms with E-state index in [0.29, 0.717) is 23.0 Å². The third-order valence-corrected chi connectivity index (χ3v) is 5.60. The molecule has 1 aliphatic rings. The molecule has 0 aliphatic carbocycles. The first-order valence-electron chi connectivity index (χ1n) is 7.95. The van der Waals surface area contributed by atoms with Crippen LogP contribution < -0.4 is 0 Å². The zero-order chi connectivity index (χ0) is 17.7. The summed E-state index contributed by atoms with van der Waals surface area (Å²) in [5.41, 5.74) is 4.61. The van der Waals surface area contributed by atoms with Crippen LogP contribution in [0.25, 0.3) is 22.0 Å². The van der Waals surface area contributed by atoms with Gasteiger partial charge in [-0.15, -0.1) is 0 Å². The first-order valence-corrected chi connectivity index (χ1v) is 8.71. The van der Waals surface area contributed by atoms with Crippen LogP contribution in [0.1, 0.15) is 18.2 Å². The van der Waals surface area contributed by atoms with E-state index in [9.17, 15) is 9.90 Å². The van der Waals surface area contributed by atoms with Gasteiger partial charge >= 0.3 is 0 Å². The number of benzene rings is 1. The molecule has 0 bridgehead atoms. The third kappa shape index (κ3) is 2.54. The fraction of sp³-hybridized carbons (Fsp3) is 0.278. The standard InChI is InChI=1S/C18H16Cl2N2O3/c1-9-4-14-12(6-22(9)15(24)7-23)16-11(10-2-3-25-8-10)5-13(19)17(20)18(16)21-14/h2-3,5,8-9,21,23H,4,6-7H2,1H3/t9-/m1/s1. The van der Waals surface area contributed by atoms with Crippen LogP contribution in [0.2, 0.25) is 10.0 Å². The molecule has 0 saturated carbocycles. The Kier molecular flexibility index (Phi) is 4.02. The molecule has 4 rings (SSSR count). The molecule has 1 atom stereocenters. The van der Waals surface area contributed by atoms with Crippen LogP contribution in [0.4, 0.5) is 0 Å². The number of hydrogen-bond donors (Lipinski definition) is 2. The molecule has 0 unspecified atom stereocenters. The van der Waals surface area contributed by atoms with Gasteiger partial charge in [0.15, 0.2) is 0 Å². The van der Waals surface area contributed by atoms with Gasteiger partial charge in [-0.25, -0.2) is 0 Å². The van der Waals surface area contributed by atoms with E-state index in [1.165, 1.54) is 0 Å². The minimum absolute atomic E-state index is 0.00756. The summed E-state index contributed by atoms with van der Waals surface area (Å²) in [5.74, 6) is -0.280. The number of aromatic amines is 1. The lowest BCUT2D eigenvalue weighted by Crippen LogP contribution is -2.43. The number of halogens is 2. The number of nitrogens with one attached hydrogen (secondary N) is 1. The van der Waals surface area contributed by atoms with Gasteiger partial charge in [0.2, 0.25) is 5.91 Å². The second kappa shape index (κ2) is 6.09. The Morgan fingerprint density at radius 1 is 1.48 bits per heavy atom. The van der Waals surface area contributed by atoms with Gasteiger partial charge < -0.3 is 19.4 Å². The summed E-state index contributed by atoms with van der Waals surface area (Å²) in [6, 6.07) is 3.67. The van der Waals surface area contributed by atoms with E-state index in [2.05, 4.69) is 4.98 Å². The topological polar surface area (TPSA) is 69.5 Å². The largest absolute Gasteiger partial charge is 0.472 e. The molecule has 1 aliphatic heterocycles. The summed E-state index contributed by atoms with van der Waals surface area (Å²) in [6.45, 7) is 1.88. The van der Waals surface area contributed by atoms with Crippen LogP contribution in [-0.2, 0) is 17.8 Å². The zero-order valence-electron chi connectivity index (χ0n) is 13.5. The number of fused-ring (bicyclic) bond motifs is 3. The Morgan fingerprint density at radius 3 is 2.96 bits per heavy atom. The molecule has 0 spiro atoms. The van der Waals surface area contributed by atoms with Crippen molar-refractivity contribution in [1.82, 2.24) is 9.88 Å². The molecule has 2 aromatic heterocycles. The predicted octanol–water partition coefficient (Wildman–Crippen LogP) is 4.00. The molecule has 3 heterocycles. The van der Waals surface area contributed by atoms with Gasteiger partial charge in [-0.1, -0.05) is 23.2 Å². The highest BCUT2D eigenvalue weighted by Crippen LogP contribution is 2.42. The molecule has 1 amide bonds. The molecule has 0 fully saturated rings. The minimum atomic E-state index is -0.497. The summed E-state index contributed by atoms with van der Waals surface area (Å²) >= 11 is 12.8. The first-order chi connectivity index (χ1) is 12.0. The molecule has 1 aromatic carbocycles. The van der Waals surface area contributed by atoms with E-state index in [0.717, 1.165) is 33.3 Å². The normalized spacial score (nSPS) is 17.1. The molecule has 2 N–H and O–H groups in total. The van der Waals surface area contributed by atoms with Crippen LogP contribution >= 0.6 is 23.2 Å². The van der Waals surface area contributed by atoms with E-state index < -0.39 is 6.61 Å². The highest BCUT2D eigenvalue weighted by Gasteiger charge is 2.31. The van der Waals surface area contributed by atoms with Crippen molar-refractivity contribution in [3.05, 3.63) is 46.0 Å². The maximum Gasteiger partial charge on any atom is 0.248 e. The van der Waals surface area contributed by atoms with Crippen LogP contribution in [0.3, 0.4) is 0 Å². The number of amides is 1. The lowest BCUT2D eigenvalue weighted by molar-refractivity contribution is -0.137. The fourth-order valence-electron chi connectivity index (χ4n) is 3.58. The predicted molar refractivity (Wildman–Crippen MR) is 96.8 cm³/mol. The van der Waals surface area contributed by atoms with Crippen molar-refractivity contribution in [3.8, 4) is 11.1 Å². The van der Waals surface area contributed by atoms with Crippen LogP contribution in [0, 0.1) is 0 Å². The van der Waals surface area contributed by atoms with Gasteiger partial charge in [-0.2, -0.15) is 0 Å². The van der Waals surface area contributed by atoms with E-state index in [-0.39, 0.29) is 11.9 Å². The Hall–Kier alpha value is -1.95. The number of aliphatic hydroxyl groups excluding tert-OH is 1. The average molecular weight is 379 g/mol. The maximum atomic E-state index is 12.1. The summed E-state index contributed by atoms with van der Waals surface area (Å²) in [6.07, 6.45) is 3.92. The summed E-state index contributed by atoms with van der Waals surface area (Å²) < 4.78 is 5.22. The van der Waals surface area contributed by atoms with Crippen molar-refractivity contribution < 1.29 is 14.3 Å². The molecule has 3 aromatic rings. The lowest BCUT2D eigenvalue weighted by atomic mass is 9.95. The Morgan fingerprint density at radius 2 is 2.28 bits per heavy atom. The number of aliphatic hydroxyl groups is 1. The zero-order valence-corrected chi connectivity index (χ0v) is 15.0. The number of nitrogens with zero attached hydrogens (tertiary/aromatic N) is 1. The Balaban J connectivity index is 1.97. The van der Waals surface area contributed by atoms with Gasteiger partial charge in [0.05, 0.1) is 28.1 Å². The van der Waals surface area contributed by atoms with Crippen molar-refractivity contribution >= 4 is 40.0 Å². The number of carbonyl (C=O) groups is 1. The maximum absolute atomic E-state index is 12.1. The average Bonchev–Trinajstić information content (AvgIpc) is 3.24. The molecule has 130 valence electrons. The van der Waals surface area contributed by atoms with Crippen molar-refractivity contribution in [2.75, 3.05) is 6.61 Å².